The number of anilines is 1. The summed E-state index contributed by atoms with van der Waals surface area (Å²) in [6.45, 7) is 6.54. The van der Waals surface area contributed by atoms with E-state index in [-0.39, 0.29) is 28.7 Å². The highest BCUT2D eigenvalue weighted by atomic mass is 32.2. The highest BCUT2D eigenvalue weighted by Gasteiger charge is 2.35. The number of sulfonamides is 1. The number of fused-ring (bicyclic) bond motifs is 1. The summed E-state index contributed by atoms with van der Waals surface area (Å²) < 4.78 is 33.2. The van der Waals surface area contributed by atoms with Crippen LogP contribution in [-0.4, -0.2) is 74.9 Å². The monoisotopic (exact) mass is 435 g/mol. The van der Waals surface area contributed by atoms with Crippen molar-refractivity contribution in [3.8, 4) is 0 Å². The second kappa shape index (κ2) is 8.28. The van der Waals surface area contributed by atoms with Gasteiger partial charge in [0.25, 0.3) is 0 Å². The van der Waals surface area contributed by atoms with E-state index < -0.39 is 10.0 Å². The number of hydrogen-bond acceptors (Lipinski definition) is 5. The lowest BCUT2D eigenvalue weighted by Gasteiger charge is -2.35. The molecule has 0 aromatic heterocycles. The van der Waals surface area contributed by atoms with E-state index in [4.69, 9.17) is 4.74 Å². The van der Waals surface area contributed by atoms with Gasteiger partial charge in [-0.15, -0.1) is 0 Å². The third kappa shape index (κ3) is 3.86. The molecule has 2 saturated heterocycles. The van der Waals surface area contributed by atoms with Gasteiger partial charge >= 0.3 is 0 Å². The molecule has 3 heterocycles. The number of carbonyl (C=O) groups is 2. The number of carbonyl (C=O) groups excluding carboxylic acids is 2. The fourth-order valence-corrected chi connectivity index (χ4v) is 6.30. The Morgan fingerprint density at radius 2 is 1.73 bits per heavy atom. The van der Waals surface area contributed by atoms with E-state index in [0.29, 0.717) is 58.7 Å². The van der Waals surface area contributed by atoms with E-state index in [9.17, 15) is 18.0 Å². The van der Waals surface area contributed by atoms with Crippen molar-refractivity contribution in [3.05, 3.63) is 23.8 Å². The second-order valence-electron chi connectivity index (χ2n) is 8.35. The Kier molecular flexibility index (Phi) is 5.87. The van der Waals surface area contributed by atoms with Gasteiger partial charge < -0.3 is 14.5 Å². The van der Waals surface area contributed by atoms with Crippen LogP contribution in [-0.2, 0) is 30.8 Å². The van der Waals surface area contributed by atoms with Crippen molar-refractivity contribution in [3.63, 3.8) is 0 Å². The number of amides is 2. The Morgan fingerprint density at radius 3 is 2.37 bits per heavy atom. The molecular formula is C21H29N3O5S. The molecule has 2 fully saturated rings. The Labute approximate surface area is 177 Å². The van der Waals surface area contributed by atoms with Crippen LogP contribution in [0.3, 0.4) is 0 Å². The molecule has 0 unspecified atom stereocenters. The summed E-state index contributed by atoms with van der Waals surface area (Å²) >= 11 is 0. The predicted octanol–water partition coefficient (Wildman–Crippen LogP) is 1.24. The van der Waals surface area contributed by atoms with Gasteiger partial charge in [0.15, 0.2) is 0 Å². The summed E-state index contributed by atoms with van der Waals surface area (Å²) in [4.78, 5) is 28.4. The van der Waals surface area contributed by atoms with Gasteiger partial charge in [0.1, 0.15) is 0 Å². The minimum Gasteiger partial charge on any atom is -0.378 e. The predicted molar refractivity (Wildman–Crippen MR) is 112 cm³/mol. The largest absolute Gasteiger partial charge is 0.378 e. The van der Waals surface area contributed by atoms with Gasteiger partial charge in [-0.2, -0.15) is 4.31 Å². The molecule has 8 nitrogen and oxygen atoms in total. The number of morpholine rings is 1. The molecule has 0 radical (unpaired) electrons. The molecular weight excluding hydrogens is 406 g/mol. The molecule has 0 N–H and O–H groups in total. The number of nitrogens with zero attached hydrogens (tertiary/aromatic N) is 3. The minimum atomic E-state index is -3.63. The zero-order valence-electron chi connectivity index (χ0n) is 17.5. The summed E-state index contributed by atoms with van der Waals surface area (Å²) in [5, 5.41) is 0. The lowest BCUT2D eigenvalue weighted by atomic mass is 9.96. The molecule has 1 aromatic carbocycles. The lowest BCUT2D eigenvalue weighted by molar-refractivity contribution is -0.140. The minimum absolute atomic E-state index is 0.0254. The molecule has 9 heteroatoms. The SMILES string of the molecule is CC(=O)N1c2ccc(S(=O)(=O)N3CCC(C(=O)N4CCOCC4)CC3)cc2C[C@@H]1C. The lowest BCUT2D eigenvalue weighted by Crippen LogP contribution is -2.47. The maximum Gasteiger partial charge on any atom is 0.243 e. The van der Waals surface area contributed by atoms with E-state index in [0.717, 1.165) is 11.3 Å². The van der Waals surface area contributed by atoms with E-state index in [2.05, 4.69) is 0 Å². The topological polar surface area (TPSA) is 87.2 Å². The standard InChI is InChI=1S/C21H29N3O5S/c1-15-13-18-14-19(3-4-20(18)24(15)16(2)25)30(27,28)23-7-5-17(6-8-23)21(26)22-9-11-29-12-10-22/h3-4,14-15,17H,5-13H2,1-2H3/t15-/m0/s1. The van der Waals surface area contributed by atoms with Crippen LogP contribution in [0.5, 0.6) is 0 Å². The second-order valence-corrected chi connectivity index (χ2v) is 10.3. The van der Waals surface area contributed by atoms with E-state index in [1.54, 1.807) is 23.1 Å². The van der Waals surface area contributed by atoms with Crippen LogP contribution in [0.2, 0.25) is 0 Å². The van der Waals surface area contributed by atoms with Gasteiger partial charge in [-0.05, 0) is 49.9 Å². The van der Waals surface area contributed by atoms with Crippen LogP contribution in [0.4, 0.5) is 5.69 Å². The molecule has 0 bridgehead atoms. The van der Waals surface area contributed by atoms with Crippen molar-refractivity contribution in [1.82, 2.24) is 9.21 Å². The van der Waals surface area contributed by atoms with E-state index in [1.807, 2.05) is 11.8 Å². The number of rotatable bonds is 3. The maximum atomic E-state index is 13.2. The third-order valence-electron chi connectivity index (χ3n) is 6.37. The molecule has 3 aliphatic rings. The van der Waals surface area contributed by atoms with Crippen molar-refractivity contribution in [2.24, 2.45) is 5.92 Å². The first-order valence-electron chi connectivity index (χ1n) is 10.6. The zero-order chi connectivity index (χ0) is 21.5. The molecule has 0 aliphatic carbocycles. The molecule has 1 aromatic rings. The van der Waals surface area contributed by atoms with Crippen molar-refractivity contribution >= 4 is 27.5 Å². The van der Waals surface area contributed by atoms with Gasteiger partial charge in [0.05, 0.1) is 18.1 Å². The van der Waals surface area contributed by atoms with Crippen molar-refractivity contribution in [2.75, 3.05) is 44.3 Å². The molecule has 164 valence electrons. The van der Waals surface area contributed by atoms with Gasteiger partial charge in [-0.1, -0.05) is 0 Å². The third-order valence-corrected chi connectivity index (χ3v) is 8.26. The average Bonchev–Trinajstić information content (AvgIpc) is 3.09. The van der Waals surface area contributed by atoms with Crippen LogP contribution in [0, 0.1) is 5.92 Å². The molecule has 2 amide bonds. The van der Waals surface area contributed by atoms with Crippen LogP contribution in [0.1, 0.15) is 32.3 Å². The van der Waals surface area contributed by atoms with E-state index >= 15 is 0 Å². The molecule has 30 heavy (non-hydrogen) atoms. The Bertz CT molecular complexity index is 934. The van der Waals surface area contributed by atoms with Crippen molar-refractivity contribution in [1.29, 1.82) is 0 Å². The average molecular weight is 436 g/mol. The normalized spacial score (nSPS) is 23.5. The summed E-state index contributed by atoms with van der Waals surface area (Å²) in [6.07, 6.45) is 1.72. The highest BCUT2D eigenvalue weighted by molar-refractivity contribution is 7.89. The van der Waals surface area contributed by atoms with E-state index in [1.165, 1.54) is 11.2 Å². The molecule has 0 spiro atoms. The van der Waals surface area contributed by atoms with Gasteiger partial charge in [0.2, 0.25) is 21.8 Å². The zero-order valence-corrected chi connectivity index (χ0v) is 18.4. The summed E-state index contributed by atoms with van der Waals surface area (Å²) in [6, 6.07) is 5.06. The number of ether oxygens (including phenoxy) is 1. The molecule has 1 atom stereocenters. The Balaban J connectivity index is 1.45. The Hall–Kier alpha value is -1.97. The van der Waals surface area contributed by atoms with Gasteiger partial charge in [-0.3, -0.25) is 9.59 Å². The van der Waals surface area contributed by atoms with Crippen LogP contribution >= 0.6 is 0 Å². The summed E-state index contributed by atoms with van der Waals surface area (Å²) in [7, 11) is -3.63. The first-order valence-corrected chi connectivity index (χ1v) is 12.0. The number of benzene rings is 1. The van der Waals surface area contributed by atoms with Crippen LogP contribution in [0.25, 0.3) is 0 Å². The first kappa shape index (κ1) is 21.3. The smallest absolute Gasteiger partial charge is 0.243 e. The number of hydrogen-bond donors (Lipinski definition) is 0. The molecule has 0 saturated carbocycles. The Morgan fingerprint density at radius 1 is 1.07 bits per heavy atom. The quantitative estimate of drug-likeness (QED) is 0.713. The summed E-state index contributed by atoms with van der Waals surface area (Å²) in [5.41, 5.74) is 1.68. The van der Waals surface area contributed by atoms with Gasteiger partial charge in [0, 0.05) is 50.7 Å². The molecule has 3 aliphatic heterocycles. The highest BCUT2D eigenvalue weighted by Crippen LogP contribution is 2.35. The fraction of sp³-hybridized carbons (Fsp3) is 0.619. The number of piperidine rings is 1. The van der Waals surface area contributed by atoms with Gasteiger partial charge in [-0.25, -0.2) is 8.42 Å². The maximum absolute atomic E-state index is 13.2. The van der Waals surface area contributed by atoms with Crippen molar-refractivity contribution in [2.45, 2.75) is 44.0 Å². The fourth-order valence-electron chi connectivity index (χ4n) is 4.78. The molecule has 4 rings (SSSR count). The summed E-state index contributed by atoms with van der Waals surface area (Å²) in [5.74, 6) is -0.0467. The first-order chi connectivity index (χ1) is 14.3. The van der Waals surface area contributed by atoms with Crippen molar-refractivity contribution < 1.29 is 22.7 Å². The van der Waals surface area contributed by atoms with Crippen LogP contribution < -0.4 is 4.90 Å². The van der Waals surface area contributed by atoms with Crippen LogP contribution in [0.15, 0.2) is 23.1 Å².